The largest absolute Gasteiger partial charge is 0.359 e. The van der Waals surface area contributed by atoms with Gasteiger partial charge in [-0.3, -0.25) is 9.89 Å². The lowest BCUT2D eigenvalue weighted by molar-refractivity contribution is 0.225. The molecule has 6 heteroatoms. The third-order valence-electron chi connectivity index (χ3n) is 3.94. The molecule has 1 aliphatic heterocycles. The normalized spacial score (nSPS) is 17.5. The molecular formula is C16H27N5O. The highest BCUT2D eigenvalue weighted by Gasteiger charge is 2.19. The molecule has 0 aromatic carbocycles. The quantitative estimate of drug-likeness (QED) is 0.474. The fourth-order valence-corrected chi connectivity index (χ4v) is 2.61. The lowest BCUT2D eigenvalue weighted by atomic mass is 10.1. The molecule has 0 unspecified atom stereocenters. The number of guanidine groups is 1. The summed E-state index contributed by atoms with van der Waals surface area (Å²) in [5.41, 5.74) is 0.981. The van der Waals surface area contributed by atoms with E-state index in [9.17, 15) is 0 Å². The van der Waals surface area contributed by atoms with Crippen molar-refractivity contribution in [1.82, 2.24) is 20.7 Å². The zero-order chi connectivity index (χ0) is 15.8. The van der Waals surface area contributed by atoms with Crippen LogP contribution >= 0.6 is 0 Å². The Bertz CT molecular complexity index is 488. The second kappa shape index (κ2) is 8.58. The fourth-order valence-electron chi connectivity index (χ4n) is 2.61. The Hall–Kier alpha value is -1.82. The molecule has 0 spiro atoms. The van der Waals surface area contributed by atoms with Gasteiger partial charge in [0, 0.05) is 38.8 Å². The second-order valence-corrected chi connectivity index (χ2v) is 5.57. The Labute approximate surface area is 132 Å². The monoisotopic (exact) mass is 305 g/mol. The summed E-state index contributed by atoms with van der Waals surface area (Å²) in [7, 11) is 1.79. The number of hydrogen-bond acceptors (Lipinski definition) is 4. The zero-order valence-corrected chi connectivity index (χ0v) is 13.6. The van der Waals surface area contributed by atoms with Gasteiger partial charge in [0.25, 0.3) is 0 Å². The molecule has 22 heavy (non-hydrogen) atoms. The van der Waals surface area contributed by atoms with Crippen LogP contribution in [0.25, 0.3) is 0 Å². The third kappa shape index (κ3) is 4.87. The van der Waals surface area contributed by atoms with Crippen molar-refractivity contribution in [1.29, 1.82) is 0 Å². The molecule has 0 bridgehead atoms. The average Bonchev–Trinajstić information content (AvgIpc) is 3.01. The van der Waals surface area contributed by atoms with Crippen molar-refractivity contribution in [2.75, 3.05) is 26.7 Å². The first-order valence-corrected chi connectivity index (χ1v) is 8.00. The van der Waals surface area contributed by atoms with Crippen molar-refractivity contribution < 1.29 is 4.52 Å². The molecule has 122 valence electrons. The van der Waals surface area contributed by atoms with E-state index in [1.165, 1.54) is 0 Å². The summed E-state index contributed by atoms with van der Waals surface area (Å²) < 4.78 is 5.27. The van der Waals surface area contributed by atoms with E-state index in [2.05, 4.69) is 39.2 Å². The van der Waals surface area contributed by atoms with Crippen LogP contribution in [-0.2, 0) is 13.0 Å². The number of aromatic nitrogens is 1. The number of aryl methyl sites for hydroxylation is 1. The van der Waals surface area contributed by atoms with Crippen LogP contribution in [0.1, 0.15) is 31.2 Å². The van der Waals surface area contributed by atoms with Crippen molar-refractivity contribution in [2.45, 2.75) is 38.8 Å². The van der Waals surface area contributed by atoms with Crippen molar-refractivity contribution in [3.63, 3.8) is 0 Å². The Kier molecular flexibility index (Phi) is 6.45. The highest BCUT2D eigenvalue weighted by atomic mass is 16.5. The number of hydrogen-bond donors (Lipinski definition) is 2. The van der Waals surface area contributed by atoms with Gasteiger partial charge in [0.15, 0.2) is 11.7 Å². The minimum absolute atomic E-state index is 0.466. The first-order valence-electron chi connectivity index (χ1n) is 8.00. The summed E-state index contributed by atoms with van der Waals surface area (Å²) in [6.45, 7) is 9.64. The van der Waals surface area contributed by atoms with Gasteiger partial charge in [-0.25, -0.2) is 0 Å². The van der Waals surface area contributed by atoms with Crippen LogP contribution in [0.3, 0.4) is 0 Å². The molecule has 0 aliphatic carbocycles. The summed E-state index contributed by atoms with van der Waals surface area (Å²) in [5, 5.41) is 10.8. The number of nitrogens with one attached hydrogen (secondary N) is 2. The first-order chi connectivity index (χ1) is 10.7. The third-order valence-corrected chi connectivity index (χ3v) is 3.94. The molecule has 0 saturated carbocycles. The minimum atomic E-state index is 0.466. The Morgan fingerprint density at radius 3 is 2.91 bits per heavy atom. The van der Waals surface area contributed by atoms with Crippen molar-refractivity contribution in [2.24, 2.45) is 4.99 Å². The van der Waals surface area contributed by atoms with Crippen LogP contribution in [0.2, 0.25) is 0 Å². The number of nitrogens with zero attached hydrogens (tertiary/aromatic N) is 3. The van der Waals surface area contributed by atoms with E-state index in [1.807, 2.05) is 12.1 Å². The van der Waals surface area contributed by atoms with E-state index in [1.54, 1.807) is 7.05 Å². The van der Waals surface area contributed by atoms with Crippen LogP contribution in [0.5, 0.6) is 0 Å². The topological polar surface area (TPSA) is 65.7 Å². The molecule has 0 radical (unpaired) electrons. The molecule has 2 N–H and O–H groups in total. The van der Waals surface area contributed by atoms with Gasteiger partial charge >= 0.3 is 0 Å². The summed E-state index contributed by atoms with van der Waals surface area (Å²) in [4.78, 5) is 6.70. The van der Waals surface area contributed by atoms with Crippen molar-refractivity contribution in [3.05, 3.63) is 30.2 Å². The van der Waals surface area contributed by atoms with E-state index in [0.717, 1.165) is 56.3 Å². The van der Waals surface area contributed by atoms with Crippen LogP contribution in [-0.4, -0.2) is 48.7 Å². The predicted octanol–water partition coefficient (Wildman–Crippen LogP) is 1.55. The highest BCUT2D eigenvalue weighted by molar-refractivity contribution is 5.79. The number of likely N-dealkylation sites (tertiary alicyclic amines) is 1. The Balaban J connectivity index is 1.74. The van der Waals surface area contributed by atoms with Gasteiger partial charge in [0.1, 0.15) is 0 Å². The molecule has 1 saturated heterocycles. The van der Waals surface area contributed by atoms with E-state index in [-0.39, 0.29) is 0 Å². The highest BCUT2D eigenvalue weighted by Crippen LogP contribution is 2.10. The SMILES string of the molecule is C=CCN1CCC(NC(=NC)NCc2cc(CC)no2)CC1. The fraction of sp³-hybridized carbons (Fsp3) is 0.625. The summed E-state index contributed by atoms with van der Waals surface area (Å²) in [5.74, 6) is 1.65. The first kappa shape index (κ1) is 16.5. The molecular weight excluding hydrogens is 278 g/mol. The second-order valence-electron chi connectivity index (χ2n) is 5.57. The molecule has 0 atom stereocenters. The summed E-state index contributed by atoms with van der Waals surface area (Å²) in [6.07, 6.45) is 5.10. The van der Waals surface area contributed by atoms with Gasteiger partial charge in [-0.1, -0.05) is 18.2 Å². The Morgan fingerprint density at radius 2 is 2.32 bits per heavy atom. The van der Waals surface area contributed by atoms with Crippen LogP contribution < -0.4 is 10.6 Å². The summed E-state index contributed by atoms with van der Waals surface area (Å²) in [6, 6.07) is 2.45. The lowest BCUT2D eigenvalue weighted by Gasteiger charge is -2.32. The number of piperidine rings is 1. The molecule has 1 aromatic heterocycles. The van der Waals surface area contributed by atoms with Gasteiger partial charge in [-0.15, -0.1) is 6.58 Å². The molecule has 0 amide bonds. The van der Waals surface area contributed by atoms with Gasteiger partial charge in [0.2, 0.25) is 0 Å². The van der Waals surface area contributed by atoms with Crippen LogP contribution in [0.4, 0.5) is 0 Å². The predicted molar refractivity (Wildman–Crippen MR) is 88.9 cm³/mol. The molecule has 1 aromatic rings. The van der Waals surface area contributed by atoms with E-state index >= 15 is 0 Å². The van der Waals surface area contributed by atoms with Gasteiger partial charge in [0.05, 0.1) is 12.2 Å². The summed E-state index contributed by atoms with van der Waals surface area (Å²) >= 11 is 0. The minimum Gasteiger partial charge on any atom is -0.359 e. The van der Waals surface area contributed by atoms with Crippen molar-refractivity contribution in [3.8, 4) is 0 Å². The molecule has 2 heterocycles. The smallest absolute Gasteiger partial charge is 0.191 e. The number of aliphatic imine (C=N–C) groups is 1. The lowest BCUT2D eigenvalue weighted by Crippen LogP contribution is -2.48. The standard InChI is InChI=1S/C16H27N5O/c1-4-8-21-9-6-14(7-10-21)19-16(17-3)18-12-15-11-13(5-2)20-22-15/h4,11,14H,1,5-10,12H2,2-3H3,(H2,17,18,19). The van der Waals surface area contributed by atoms with E-state index < -0.39 is 0 Å². The zero-order valence-electron chi connectivity index (χ0n) is 13.6. The van der Waals surface area contributed by atoms with E-state index in [0.29, 0.717) is 12.6 Å². The Morgan fingerprint density at radius 1 is 1.55 bits per heavy atom. The van der Waals surface area contributed by atoms with Gasteiger partial charge < -0.3 is 15.2 Å². The molecule has 2 rings (SSSR count). The van der Waals surface area contributed by atoms with Crippen LogP contribution in [0.15, 0.2) is 28.2 Å². The molecule has 6 nitrogen and oxygen atoms in total. The maximum Gasteiger partial charge on any atom is 0.191 e. The molecule has 1 aliphatic rings. The number of rotatable bonds is 6. The molecule has 1 fully saturated rings. The van der Waals surface area contributed by atoms with Crippen molar-refractivity contribution >= 4 is 5.96 Å². The maximum absolute atomic E-state index is 5.27. The van der Waals surface area contributed by atoms with E-state index in [4.69, 9.17) is 4.52 Å². The average molecular weight is 305 g/mol. The van der Waals surface area contributed by atoms with Gasteiger partial charge in [-0.2, -0.15) is 0 Å². The van der Waals surface area contributed by atoms with Crippen LogP contribution in [0, 0.1) is 0 Å². The maximum atomic E-state index is 5.27. The van der Waals surface area contributed by atoms with Gasteiger partial charge in [-0.05, 0) is 19.3 Å².